The molecule has 2 bridgehead atoms. The van der Waals surface area contributed by atoms with Crippen LogP contribution >= 0.6 is 0 Å². The lowest BCUT2D eigenvalue weighted by Crippen LogP contribution is -2.36. The molecule has 3 rings (SSSR count). The van der Waals surface area contributed by atoms with Gasteiger partial charge in [0.25, 0.3) is 0 Å². The lowest BCUT2D eigenvalue weighted by Gasteiger charge is -2.27. The normalized spacial score (nSPS) is 26.8. The number of anilines is 1. The fourth-order valence-corrected chi connectivity index (χ4v) is 3.73. The lowest BCUT2D eigenvalue weighted by molar-refractivity contribution is -0.155. The van der Waals surface area contributed by atoms with Crippen LogP contribution in [0.2, 0.25) is 0 Å². The van der Waals surface area contributed by atoms with Crippen LogP contribution in [-0.2, 0) is 14.3 Å². The van der Waals surface area contributed by atoms with Crippen LogP contribution in [0.5, 0.6) is 5.75 Å². The van der Waals surface area contributed by atoms with Gasteiger partial charge in [0.2, 0.25) is 0 Å². The molecule has 1 aromatic carbocycles. The number of allylic oxidation sites excluding steroid dienone is 1. The number of unbranched alkanes of at least 4 members (excludes halogenated alkanes) is 1. The molecule has 5 heteroatoms. The Kier molecular flexibility index (Phi) is 5.63. The monoisotopic (exact) mass is 345 g/mol. The summed E-state index contributed by atoms with van der Waals surface area (Å²) in [4.78, 5) is 12.5. The zero-order valence-corrected chi connectivity index (χ0v) is 14.9. The van der Waals surface area contributed by atoms with Crippen LogP contribution in [0.1, 0.15) is 31.7 Å². The molecule has 2 aliphatic rings. The second-order valence-corrected chi connectivity index (χ2v) is 6.97. The van der Waals surface area contributed by atoms with Crippen LogP contribution in [0.15, 0.2) is 30.4 Å². The fourth-order valence-electron chi connectivity index (χ4n) is 3.73. The molecule has 1 saturated carbocycles. The maximum absolute atomic E-state index is 12.5. The molecule has 0 spiro atoms. The van der Waals surface area contributed by atoms with E-state index in [-0.39, 0.29) is 42.3 Å². The zero-order chi connectivity index (χ0) is 17.8. The van der Waals surface area contributed by atoms with E-state index in [1.165, 1.54) is 0 Å². The highest BCUT2D eigenvalue weighted by Gasteiger charge is 2.49. The number of esters is 1. The lowest BCUT2D eigenvalue weighted by atomic mass is 9.91. The van der Waals surface area contributed by atoms with Crippen molar-refractivity contribution < 1.29 is 19.4 Å². The van der Waals surface area contributed by atoms with E-state index in [0.717, 1.165) is 24.8 Å². The average Bonchev–Trinajstić information content (AvgIpc) is 3.19. The Labute approximate surface area is 149 Å². The summed E-state index contributed by atoms with van der Waals surface area (Å²) in [5.74, 6) is 0.309. The van der Waals surface area contributed by atoms with Crippen LogP contribution in [-0.4, -0.2) is 30.5 Å². The third-order valence-electron chi connectivity index (χ3n) is 5.09. The number of aromatic hydroxyl groups is 1. The van der Waals surface area contributed by atoms with Gasteiger partial charge in [-0.15, -0.1) is 0 Å². The molecule has 2 aliphatic carbocycles. The second kappa shape index (κ2) is 7.91. The molecule has 0 saturated heterocycles. The zero-order valence-electron chi connectivity index (χ0n) is 14.9. The smallest absolute Gasteiger partial charge is 0.312 e. The van der Waals surface area contributed by atoms with Gasteiger partial charge in [0.15, 0.2) is 0 Å². The van der Waals surface area contributed by atoms with Crippen LogP contribution < -0.4 is 5.32 Å². The third kappa shape index (κ3) is 3.98. The molecule has 0 heterocycles. The number of phenolic OH excluding ortho intramolecular Hbond substituents is 1. The third-order valence-corrected chi connectivity index (χ3v) is 5.09. The highest BCUT2D eigenvalue weighted by molar-refractivity contribution is 5.75. The number of carbonyl (C=O) groups excluding carboxylic acids is 1. The molecule has 5 nitrogen and oxygen atoms in total. The van der Waals surface area contributed by atoms with Gasteiger partial charge in [-0.2, -0.15) is 0 Å². The van der Waals surface area contributed by atoms with Crippen molar-refractivity contribution in [3.8, 4) is 5.75 Å². The summed E-state index contributed by atoms with van der Waals surface area (Å²) in [6.45, 7) is 4.77. The Morgan fingerprint density at radius 3 is 2.92 bits per heavy atom. The molecule has 136 valence electrons. The summed E-state index contributed by atoms with van der Waals surface area (Å²) in [6, 6.07) is 5.38. The Hall–Kier alpha value is -2.01. The molecular weight excluding hydrogens is 318 g/mol. The summed E-state index contributed by atoms with van der Waals surface area (Å²) in [6.07, 6.45) is 6.96. The van der Waals surface area contributed by atoms with Gasteiger partial charge in [0.1, 0.15) is 12.5 Å². The van der Waals surface area contributed by atoms with E-state index in [0.29, 0.717) is 12.3 Å². The van der Waals surface area contributed by atoms with Gasteiger partial charge in [-0.25, -0.2) is 0 Å². The van der Waals surface area contributed by atoms with E-state index >= 15 is 0 Å². The number of aryl methyl sites for hydroxylation is 1. The molecule has 0 aromatic heterocycles. The standard InChI is InChI=1S/C20H27NO4/c1-3-4-9-24-20(23)18-14-6-7-15(11-14)19(18)25-12-21-16-10-13(2)5-8-17(16)22/h5-8,10,14-15,18-19,21-22H,3-4,9,11-12H2,1-2H3. The van der Waals surface area contributed by atoms with Crippen LogP contribution in [0.25, 0.3) is 0 Å². The molecule has 1 aromatic rings. The molecule has 1 fully saturated rings. The van der Waals surface area contributed by atoms with E-state index in [2.05, 4.69) is 24.4 Å². The minimum absolute atomic E-state index is 0.145. The molecule has 0 amide bonds. The van der Waals surface area contributed by atoms with Crippen molar-refractivity contribution in [2.24, 2.45) is 17.8 Å². The quantitative estimate of drug-likeness (QED) is 0.248. The van der Waals surface area contributed by atoms with Crippen LogP contribution in [0.3, 0.4) is 0 Å². The maximum atomic E-state index is 12.5. The first kappa shape index (κ1) is 17.8. The van der Waals surface area contributed by atoms with Gasteiger partial charge in [0, 0.05) is 5.92 Å². The predicted octanol–water partition coefficient (Wildman–Crippen LogP) is 3.62. The van der Waals surface area contributed by atoms with Crippen molar-refractivity contribution in [2.75, 3.05) is 18.7 Å². The van der Waals surface area contributed by atoms with Gasteiger partial charge in [0.05, 0.1) is 24.3 Å². The van der Waals surface area contributed by atoms with Crippen molar-refractivity contribution in [1.82, 2.24) is 0 Å². The van der Waals surface area contributed by atoms with Gasteiger partial charge >= 0.3 is 5.97 Å². The van der Waals surface area contributed by atoms with E-state index in [9.17, 15) is 9.90 Å². The van der Waals surface area contributed by atoms with Gasteiger partial charge < -0.3 is 19.9 Å². The number of ether oxygens (including phenoxy) is 2. The predicted molar refractivity (Wildman–Crippen MR) is 96.3 cm³/mol. The molecular formula is C20H27NO4. The second-order valence-electron chi connectivity index (χ2n) is 6.97. The first-order chi connectivity index (χ1) is 12.1. The first-order valence-electron chi connectivity index (χ1n) is 9.10. The van der Waals surface area contributed by atoms with Crippen LogP contribution in [0, 0.1) is 24.7 Å². The minimum Gasteiger partial charge on any atom is -0.506 e. The number of phenols is 1. The number of hydrogen-bond acceptors (Lipinski definition) is 5. The molecule has 2 N–H and O–H groups in total. The summed E-state index contributed by atoms with van der Waals surface area (Å²) < 4.78 is 11.4. The Bertz CT molecular complexity index is 643. The number of fused-ring (bicyclic) bond motifs is 2. The summed E-state index contributed by atoms with van der Waals surface area (Å²) in [7, 11) is 0. The Balaban J connectivity index is 1.57. The highest BCUT2D eigenvalue weighted by atomic mass is 16.5. The van der Waals surface area contributed by atoms with E-state index in [1.807, 2.05) is 19.1 Å². The SMILES string of the molecule is CCCCOC(=O)C1C2C=CC(C2)C1OCNc1cc(C)ccc1O. The Morgan fingerprint density at radius 2 is 2.12 bits per heavy atom. The van der Waals surface area contributed by atoms with Crippen molar-refractivity contribution in [1.29, 1.82) is 0 Å². The van der Waals surface area contributed by atoms with Crippen LogP contribution in [0.4, 0.5) is 5.69 Å². The van der Waals surface area contributed by atoms with E-state index in [1.54, 1.807) is 6.07 Å². The van der Waals surface area contributed by atoms with Crippen molar-refractivity contribution in [2.45, 2.75) is 39.2 Å². The summed E-state index contributed by atoms with van der Waals surface area (Å²) in [5.41, 5.74) is 1.70. The van der Waals surface area contributed by atoms with Gasteiger partial charge in [-0.05, 0) is 43.4 Å². The number of benzene rings is 1. The van der Waals surface area contributed by atoms with Gasteiger partial charge in [-0.3, -0.25) is 4.79 Å². The van der Waals surface area contributed by atoms with E-state index < -0.39 is 0 Å². The van der Waals surface area contributed by atoms with Crippen molar-refractivity contribution >= 4 is 11.7 Å². The molecule has 0 radical (unpaired) electrons. The molecule has 25 heavy (non-hydrogen) atoms. The molecule has 4 unspecified atom stereocenters. The fraction of sp³-hybridized carbons (Fsp3) is 0.550. The molecule has 0 aliphatic heterocycles. The first-order valence-corrected chi connectivity index (χ1v) is 9.10. The van der Waals surface area contributed by atoms with Crippen molar-refractivity contribution in [3.63, 3.8) is 0 Å². The number of rotatable bonds is 8. The molecule has 4 atom stereocenters. The minimum atomic E-state index is -0.222. The maximum Gasteiger partial charge on any atom is 0.312 e. The number of carbonyl (C=O) groups is 1. The van der Waals surface area contributed by atoms with E-state index in [4.69, 9.17) is 9.47 Å². The Morgan fingerprint density at radius 1 is 1.32 bits per heavy atom. The highest BCUT2D eigenvalue weighted by Crippen LogP contribution is 2.45. The topological polar surface area (TPSA) is 67.8 Å². The number of nitrogens with one attached hydrogen (secondary N) is 1. The largest absolute Gasteiger partial charge is 0.506 e. The van der Waals surface area contributed by atoms with Crippen molar-refractivity contribution in [3.05, 3.63) is 35.9 Å². The summed E-state index contributed by atoms with van der Waals surface area (Å²) in [5, 5.41) is 13.0. The summed E-state index contributed by atoms with van der Waals surface area (Å²) >= 11 is 0. The van der Waals surface area contributed by atoms with Gasteiger partial charge in [-0.1, -0.05) is 31.6 Å². The average molecular weight is 345 g/mol. The number of hydrogen-bond donors (Lipinski definition) is 2.